The smallest absolute Gasteiger partial charge is 0.188 e. The van der Waals surface area contributed by atoms with Crippen LogP contribution in [0.1, 0.15) is 29.9 Å². The first-order valence-corrected chi connectivity index (χ1v) is 7.30. The molecular weight excluding hydrogens is 252 g/mol. The molecule has 2 atom stereocenters. The zero-order chi connectivity index (χ0) is 11.4. The molecule has 0 radical (unpaired) electrons. The second kappa shape index (κ2) is 5.77. The molecule has 0 spiro atoms. The molecular formula is C10H13ClO2S2. The summed E-state index contributed by atoms with van der Waals surface area (Å²) >= 11 is 6.98. The number of carbonyl (C=O) groups is 1. The maximum Gasteiger partial charge on any atom is 0.188 e. The maximum absolute atomic E-state index is 11.8. The van der Waals surface area contributed by atoms with Gasteiger partial charge >= 0.3 is 0 Å². The molecule has 0 N–H and O–H groups in total. The fourth-order valence-electron chi connectivity index (χ4n) is 1.14. The monoisotopic (exact) mass is 264 g/mol. The number of ketones is 1. The van der Waals surface area contributed by atoms with E-state index in [2.05, 4.69) is 0 Å². The fourth-order valence-corrected chi connectivity index (χ4v) is 3.41. The molecule has 0 saturated carbocycles. The Morgan fingerprint density at radius 1 is 1.60 bits per heavy atom. The van der Waals surface area contributed by atoms with Crippen LogP contribution >= 0.6 is 22.9 Å². The predicted octanol–water partition coefficient (Wildman–Crippen LogP) is 3.13. The van der Waals surface area contributed by atoms with Gasteiger partial charge in [-0.15, -0.1) is 11.3 Å². The molecule has 5 heteroatoms. The van der Waals surface area contributed by atoms with Gasteiger partial charge in [-0.25, -0.2) is 0 Å². The summed E-state index contributed by atoms with van der Waals surface area (Å²) in [4.78, 5) is 12.4. The van der Waals surface area contributed by atoms with Crippen LogP contribution in [0.25, 0.3) is 0 Å². The Kier molecular flexibility index (Phi) is 4.96. The van der Waals surface area contributed by atoms with Gasteiger partial charge in [-0.3, -0.25) is 9.00 Å². The summed E-state index contributed by atoms with van der Waals surface area (Å²) in [6.45, 7) is 3.67. The Hall–Kier alpha value is -0.190. The summed E-state index contributed by atoms with van der Waals surface area (Å²) in [6, 6.07) is 3.38. The third-order valence-corrected chi connectivity index (χ3v) is 5.04. The van der Waals surface area contributed by atoms with Crippen molar-refractivity contribution in [3.63, 3.8) is 0 Å². The Bertz CT molecular complexity index is 373. The summed E-state index contributed by atoms with van der Waals surface area (Å²) in [5.74, 6) is 0.505. The van der Waals surface area contributed by atoms with Crippen LogP contribution in [0.4, 0.5) is 0 Å². The van der Waals surface area contributed by atoms with Crippen LogP contribution in [0.2, 0.25) is 4.34 Å². The third-order valence-electron chi connectivity index (χ3n) is 1.98. The predicted molar refractivity (Wildman–Crippen MR) is 66.4 cm³/mol. The minimum absolute atomic E-state index is 0.0707. The Morgan fingerprint density at radius 2 is 2.27 bits per heavy atom. The van der Waals surface area contributed by atoms with Gasteiger partial charge in [-0.05, 0) is 25.5 Å². The van der Waals surface area contributed by atoms with Crippen molar-refractivity contribution >= 4 is 39.5 Å². The van der Waals surface area contributed by atoms with Gasteiger partial charge in [0.1, 0.15) is 0 Å². The Balaban J connectivity index is 2.72. The molecule has 0 bridgehead atoms. The van der Waals surface area contributed by atoms with Gasteiger partial charge in [0.25, 0.3) is 0 Å². The van der Waals surface area contributed by atoms with Crippen LogP contribution in [0.3, 0.4) is 0 Å². The van der Waals surface area contributed by atoms with E-state index in [0.29, 0.717) is 15.0 Å². The maximum atomic E-state index is 11.8. The van der Waals surface area contributed by atoms with Crippen LogP contribution in [-0.2, 0) is 10.8 Å². The molecule has 84 valence electrons. The van der Waals surface area contributed by atoms with Crippen molar-refractivity contribution in [3.8, 4) is 0 Å². The number of hydrogen-bond donors (Lipinski definition) is 0. The SMILES string of the molecule is CCCS(=O)C(C)C(=O)c1ccc(Cl)s1. The van der Waals surface area contributed by atoms with Gasteiger partial charge in [-0.1, -0.05) is 18.5 Å². The van der Waals surface area contributed by atoms with Gasteiger partial charge in [0.2, 0.25) is 0 Å². The lowest BCUT2D eigenvalue weighted by Gasteiger charge is -2.07. The zero-order valence-electron chi connectivity index (χ0n) is 8.66. The van der Waals surface area contributed by atoms with E-state index in [1.807, 2.05) is 6.92 Å². The number of carbonyl (C=O) groups excluding carboxylic acids is 1. The lowest BCUT2D eigenvalue weighted by molar-refractivity contribution is 0.0996. The minimum atomic E-state index is -1.07. The lowest BCUT2D eigenvalue weighted by Crippen LogP contribution is -2.23. The van der Waals surface area contributed by atoms with Crippen molar-refractivity contribution in [1.82, 2.24) is 0 Å². The van der Waals surface area contributed by atoms with E-state index >= 15 is 0 Å². The first-order valence-electron chi connectivity index (χ1n) is 4.73. The summed E-state index contributed by atoms with van der Waals surface area (Å²) in [5, 5.41) is -0.431. The highest BCUT2D eigenvalue weighted by Crippen LogP contribution is 2.23. The first-order chi connectivity index (χ1) is 7.06. The van der Waals surface area contributed by atoms with Crippen molar-refractivity contribution in [2.45, 2.75) is 25.5 Å². The molecule has 1 rings (SSSR count). The molecule has 0 aromatic carbocycles. The Morgan fingerprint density at radius 3 is 2.73 bits per heavy atom. The van der Waals surface area contributed by atoms with Gasteiger partial charge in [0.15, 0.2) is 5.78 Å². The van der Waals surface area contributed by atoms with Crippen LogP contribution in [0.5, 0.6) is 0 Å². The third kappa shape index (κ3) is 3.40. The second-order valence-electron chi connectivity index (χ2n) is 3.20. The number of rotatable bonds is 5. The van der Waals surface area contributed by atoms with E-state index in [4.69, 9.17) is 11.6 Å². The molecule has 0 aliphatic heterocycles. The highest BCUT2D eigenvalue weighted by molar-refractivity contribution is 7.86. The molecule has 1 aromatic heterocycles. The van der Waals surface area contributed by atoms with Gasteiger partial charge in [0.05, 0.1) is 14.5 Å². The van der Waals surface area contributed by atoms with Crippen molar-refractivity contribution in [3.05, 3.63) is 21.3 Å². The fraction of sp³-hybridized carbons (Fsp3) is 0.500. The molecule has 0 aliphatic rings. The second-order valence-corrected chi connectivity index (χ2v) is 6.79. The number of thiophene rings is 1. The largest absolute Gasteiger partial charge is 0.292 e. The van der Waals surface area contributed by atoms with Crippen LogP contribution in [-0.4, -0.2) is 21.0 Å². The number of halogens is 1. The lowest BCUT2D eigenvalue weighted by atomic mass is 10.2. The summed E-state index contributed by atoms with van der Waals surface area (Å²) in [5.41, 5.74) is 0. The summed E-state index contributed by atoms with van der Waals surface area (Å²) < 4.78 is 12.2. The highest BCUT2D eigenvalue weighted by Gasteiger charge is 2.21. The molecule has 0 amide bonds. The average Bonchev–Trinajstić information content (AvgIpc) is 2.63. The molecule has 1 aromatic rings. The van der Waals surface area contributed by atoms with Crippen LogP contribution < -0.4 is 0 Å². The summed E-state index contributed by atoms with van der Waals surface area (Å²) in [6.07, 6.45) is 0.829. The van der Waals surface area contributed by atoms with Crippen molar-refractivity contribution < 1.29 is 9.00 Å². The van der Waals surface area contributed by atoms with E-state index in [0.717, 1.165) is 6.42 Å². The average molecular weight is 265 g/mol. The van der Waals surface area contributed by atoms with E-state index in [-0.39, 0.29) is 5.78 Å². The Labute approximate surface area is 101 Å². The van der Waals surface area contributed by atoms with E-state index in [1.165, 1.54) is 11.3 Å². The molecule has 15 heavy (non-hydrogen) atoms. The quantitative estimate of drug-likeness (QED) is 0.766. The van der Waals surface area contributed by atoms with Gasteiger partial charge in [-0.2, -0.15) is 0 Å². The van der Waals surface area contributed by atoms with Crippen molar-refractivity contribution in [1.29, 1.82) is 0 Å². The molecule has 2 nitrogen and oxygen atoms in total. The minimum Gasteiger partial charge on any atom is -0.292 e. The van der Waals surface area contributed by atoms with Gasteiger partial charge in [0, 0.05) is 16.6 Å². The molecule has 0 saturated heterocycles. The van der Waals surface area contributed by atoms with Crippen molar-refractivity contribution in [2.75, 3.05) is 5.75 Å². The zero-order valence-corrected chi connectivity index (χ0v) is 11.0. The van der Waals surface area contributed by atoms with Crippen molar-refractivity contribution in [2.24, 2.45) is 0 Å². The van der Waals surface area contributed by atoms with Crippen LogP contribution in [0, 0.1) is 0 Å². The molecule has 0 fully saturated rings. The van der Waals surface area contributed by atoms with E-state index < -0.39 is 16.0 Å². The molecule has 0 aliphatic carbocycles. The first kappa shape index (κ1) is 12.9. The summed E-state index contributed by atoms with van der Waals surface area (Å²) in [7, 11) is -1.07. The number of hydrogen-bond acceptors (Lipinski definition) is 3. The standard InChI is InChI=1S/C10H13ClO2S2/c1-3-6-15(13)7(2)10(12)8-4-5-9(11)14-8/h4-5,7H,3,6H2,1-2H3. The van der Waals surface area contributed by atoms with Crippen LogP contribution in [0.15, 0.2) is 12.1 Å². The topological polar surface area (TPSA) is 34.1 Å². The van der Waals surface area contributed by atoms with E-state index in [1.54, 1.807) is 19.1 Å². The molecule has 2 unspecified atom stereocenters. The van der Waals surface area contributed by atoms with E-state index in [9.17, 15) is 9.00 Å². The normalized spacial score (nSPS) is 14.9. The van der Waals surface area contributed by atoms with Gasteiger partial charge < -0.3 is 0 Å². The number of Topliss-reactive ketones (excluding diaryl/α,β-unsaturated/α-hetero) is 1. The highest BCUT2D eigenvalue weighted by atomic mass is 35.5. The molecule has 1 heterocycles.